The summed E-state index contributed by atoms with van der Waals surface area (Å²) in [7, 11) is 1.70. The highest BCUT2D eigenvalue weighted by atomic mass is 127. The van der Waals surface area contributed by atoms with Crippen molar-refractivity contribution < 1.29 is 9.15 Å². The molecule has 0 aliphatic rings. The Bertz CT molecular complexity index is 626. The Hall–Kier alpha value is -1.13. The molecule has 0 unspecified atom stereocenters. The molecule has 0 saturated heterocycles. The van der Waals surface area contributed by atoms with Crippen molar-refractivity contribution >= 4 is 41.3 Å². The van der Waals surface area contributed by atoms with E-state index in [0.29, 0.717) is 19.0 Å². The number of aliphatic imine (C=N–C) groups is 1. The molecule has 0 aliphatic heterocycles. The lowest BCUT2D eigenvalue weighted by molar-refractivity contribution is 0.0268. The van der Waals surface area contributed by atoms with E-state index in [2.05, 4.69) is 20.6 Å². The summed E-state index contributed by atoms with van der Waals surface area (Å²) in [5.74, 6) is 1.38. The molecule has 2 aromatic rings. The molecule has 0 saturated carbocycles. The third-order valence-electron chi connectivity index (χ3n) is 3.26. The molecular formula is C16H25IN4O2S. The number of nitrogens with one attached hydrogen (secondary N) is 2. The van der Waals surface area contributed by atoms with Crippen LogP contribution in [0.25, 0.3) is 10.8 Å². The fourth-order valence-electron chi connectivity index (χ4n) is 1.76. The monoisotopic (exact) mass is 464 g/mol. The molecule has 0 spiro atoms. The number of methoxy groups -OCH3 is 1. The van der Waals surface area contributed by atoms with Gasteiger partial charge in [-0.15, -0.1) is 35.3 Å². The van der Waals surface area contributed by atoms with E-state index in [1.807, 2.05) is 38.3 Å². The van der Waals surface area contributed by atoms with Crippen LogP contribution in [0, 0.1) is 0 Å². The Balaban J connectivity index is 0.00000288. The smallest absolute Gasteiger partial charge is 0.236 e. The van der Waals surface area contributed by atoms with Crippen LogP contribution in [-0.4, -0.2) is 36.7 Å². The number of hydrogen-bond acceptors (Lipinski definition) is 5. The number of guanidine groups is 1. The molecule has 0 atom stereocenters. The molecule has 0 aliphatic carbocycles. The van der Waals surface area contributed by atoms with Crippen molar-refractivity contribution in [2.24, 2.45) is 4.99 Å². The van der Waals surface area contributed by atoms with Gasteiger partial charge in [0.25, 0.3) is 0 Å². The fraction of sp³-hybridized carbons (Fsp3) is 0.500. The molecule has 2 aromatic heterocycles. The predicted octanol–water partition coefficient (Wildman–Crippen LogP) is 3.50. The van der Waals surface area contributed by atoms with Crippen LogP contribution >= 0.6 is 35.3 Å². The molecular weight excluding hydrogens is 439 g/mol. The summed E-state index contributed by atoms with van der Waals surface area (Å²) in [5, 5.41) is 8.49. The van der Waals surface area contributed by atoms with E-state index in [9.17, 15) is 0 Å². The molecule has 0 aromatic carbocycles. The lowest BCUT2D eigenvalue weighted by Gasteiger charge is -2.24. The summed E-state index contributed by atoms with van der Waals surface area (Å²) in [6.45, 7) is 7.98. The van der Waals surface area contributed by atoms with Crippen LogP contribution in [0.5, 0.6) is 0 Å². The second kappa shape index (κ2) is 10.00. The zero-order valence-corrected chi connectivity index (χ0v) is 17.6. The van der Waals surface area contributed by atoms with Crippen LogP contribution < -0.4 is 10.6 Å². The lowest BCUT2D eigenvalue weighted by atomic mass is 10.1. The molecule has 6 nitrogen and oxygen atoms in total. The maximum absolute atomic E-state index is 5.50. The first-order valence-electron chi connectivity index (χ1n) is 7.59. The standard InChI is InChI=1S/C16H24N4O2S.HI/c1-5-17-15(19-11-16(2,3)21-4)18-9-12-10-22-14(20-12)13-7-6-8-23-13;/h6-8,10H,5,9,11H2,1-4H3,(H2,17,18,19);1H. The average molecular weight is 464 g/mol. The van der Waals surface area contributed by atoms with Gasteiger partial charge in [0.1, 0.15) is 12.0 Å². The lowest BCUT2D eigenvalue weighted by Crippen LogP contribution is -2.45. The number of aromatic nitrogens is 1. The molecule has 134 valence electrons. The van der Waals surface area contributed by atoms with Crippen molar-refractivity contribution in [3.8, 4) is 10.8 Å². The molecule has 2 rings (SSSR count). The number of ether oxygens (including phenoxy) is 1. The summed E-state index contributed by atoms with van der Waals surface area (Å²) in [6.07, 6.45) is 1.65. The van der Waals surface area contributed by atoms with Gasteiger partial charge >= 0.3 is 0 Å². The first kappa shape index (κ1) is 20.9. The summed E-state index contributed by atoms with van der Waals surface area (Å²) in [5.41, 5.74) is 0.549. The van der Waals surface area contributed by atoms with Crippen LogP contribution in [0.1, 0.15) is 26.5 Å². The first-order chi connectivity index (χ1) is 11.0. The Labute approximate surface area is 164 Å². The van der Waals surface area contributed by atoms with Crippen LogP contribution in [0.3, 0.4) is 0 Å². The minimum Gasteiger partial charge on any atom is -0.443 e. The van der Waals surface area contributed by atoms with Gasteiger partial charge in [0.05, 0.1) is 17.0 Å². The van der Waals surface area contributed by atoms with Crippen LogP contribution in [0.2, 0.25) is 0 Å². The van der Waals surface area contributed by atoms with Crippen LogP contribution in [-0.2, 0) is 11.3 Å². The molecule has 0 fully saturated rings. The van der Waals surface area contributed by atoms with E-state index in [0.717, 1.165) is 23.1 Å². The quantitative estimate of drug-likeness (QED) is 0.373. The highest BCUT2D eigenvalue weighted by Gasteiger charge is 2.16. The third kappa shape index (κ3) is 6.40. The largest absolute Gasteiger partial charge is 0.443 e. The van der Waals surface area contributed by atoms with Gasteiger partial charge < -0.3 is 19.8 Å². The normalized spacial score (nSPS) is 11.9. The second-order valence-electron chi connectivity index (χ2n) is 5.63. The van der Waals surface area contributed by atoms with E-state index in [4.69, 9.17) is 9.15 Å². The molecule has 0 amide bonds. The van der Waals surface area contributed by atoms with E-state index in [-0.39, 0.29) is 29.6 Å². The minimum absolute atomic E-state index is 0. The predicted molar refractivity (Wildman–Crippen MR) is 109 cm³/mol. The SMILES string of the molecule is CCNC(=NCc1coc(-c2cccs2)n1)NCC(C)(C)OC.I. The molecule has 0 bridgehead atoms. The first-order valence-corrected chi connectivity index (χ1v) is 8.47. The second-order valence-corrected chi connectivity index (χ2v) is 6.58. The van der Waals surface area contributed by atoms with E-state index in [1.54, 1.807) is 24.7 Å². The molecule has 2 heterocycles. The number of oxazole rings is 1. The van der Waals surface area contributed by atoms with Crippen molar-refractivity contribution in [1.82, 2.24) is 15.6 Å². The highest BCUT2D eigenvalue weighted by Crippen LogP contribution is 2.23. The fourth-order valence-corrected chi connectivity index (χ4v) is 2.42. The van der Waals surface area contributed by atoms with E-state index in [1.165, 1.54) is 0 Å². The molecule has 2 N–H and O–H groups in total. The van der Waals surface area contributed by atoms with Gasteiger partial charge in [0.15, 0.2) is 5.96 Å². The third-order valence-corrected chi connectivity index (χ3v) is 4.12. The Morgan fingerprint density at radius 1 is 1.42 bits per heavy atom. The van der Waals surface area contributed by atoms with Gasteiger partial charge in [-0.25, -0.2) is 9.98 Å². The Kier molecular flexibility index (Phi) is 8.71. The van der Waals surface area contributed by atoms with Crippen molar-refractivity contribution in [3.05, 3.63) is 29.5 Å². The molecule has 0 radical (unpaired) electrons. The molecule has 8 heteroatoms. The Morgan fingerprint density at radius 2 is 2.21 bits per heavy atom. The van der Waals surface area contributed by atoms with Crippen molar-refractivity contribution in [3.63, 3.8) is 0 Å². The van der Waals surface area contributed by atoms with Gasteiger partial charge in [0, 0.05) is 20.2 Å². The zero-order chi connectivity index (χ0) is 16.7. The van der Waals surface area contributed by atoms with Crippen molar-refractivity contribution in [2.75, 3.05) is 20.2 Å². The highest BCUT2D eigenvalue weighted by molar-refractivity contribution is 14.0. The number of thiophene rings is 1. The van der Waals surface area contributed by atoms with Crippen molar-refractivity contribution in [2.45, 2.75) is 32.9 Å². The summed E-state index contributed by atoms with van der Waals surface area (Å²) in [4.78, 5) is 10.0. The van der Waals surface area contributed by atoms with Crippen molar-refractivity contribution in [1.29, 1.82) is 0 Å². The number of nitrogens with zero attached hydrogens (tertiary/aromatic N) is 2. The van der Waals surface area contributed by atoms with Gasteiger partial charge in [-0.2, -0.15) is 0 Å². The zero-order valence-electron chi connectivity index (χ0n) is 14.5. The van der Waals surface area contributed by atoms with Gasteiger partial charge in [-0.05, 0) is 32.2 Å². The summed E-state index contributed by atoms with van der Waals surface area (Å²) < 4.78 is 10.9. The summed E-state index contributed by atoms with van der Waals surface area (Å²) in [6, 6.07) is 3.97. The number of rotatable bonds is 7. The average Bonchev–Trinajstić information content (AvgIpc) is 3.20. The van der Waals surface area contributed by atoms with E-state index >= 15 is 0 Å². The van der Waals surface area contributed by atoms with Crippen LogP contribution in [0.15, 0.2) is 33.2 Å². The van der Waals surface area contributed by atoms with Gasteiger partial charge in [0.2, 0.25) is 5.89 Å². The Morgan fingerprint density at radius 3 is 2.83 bits per heavy atom. The topological polar surface area (TPSA) is 71.7 Å². The van der Waals surface area contributed by atoms with Gasteiger partial charge in [-0.1, -0.05) is 6.07 Å². The summed E-state index contributed by atoms with van der Waals surface area (Å²) >= 11 is 1.60. The minimum atomic E-state index is -0.254. The number of halogens is 1. The maximum atomic E-state index is 5.50. The van der Waals surface area contributed by atoms with E-state index < -0.39 is 0 Å². The van der Waals surface area contributed by atoms with Gasteiger partial charge in [-0.3, -0.25) is 0 Å². The molecule has 24 heavy (non-hydrogen) atoms. The van der Waals surface area contributed by atoms with Crippen LogP contribution in [0.4, 0.5) is 0 Å². The maximum Gasteiger partial charge on any atom is 0.236 e. The number of hydrogen-bond donors (Lipinski definition) is 2.